The van der Waals surface area contributed by atoms with Crippen molar-refractivity contribution in [3.8, 4) is 0 Å². The van der Waals surface area contributed by atoms with Gasteiger partial charge >= 0.3 is 5.97 Å². The zero-order valence-electron chi connectivity index (χ0n) is 23.5. The third-order valence-corrected chi connectivity index (χ3v) is 8.18. The summed E-state index contributed by atoms with van der Waals surface area (Å²) in [6.07, 6.45) is 2.68. The third-order valence-electron chi connectivity index (χ3n) is 8.18. The van der Waals surface area contributed by atoms with Crippen molar-refractivity contribution in [3.05, 3.63) is 48.0 Å². The second-order valence-electron chi connectivity index (χ2n) is 11.7. The normalized spacial score (nSPS) is 22.9. The van der Waals surface area contributed by atoms with Gasteiger partial charge in [-0.3, -0.25) is 14.4 Å². The fourth-order valence-electron chi connectivity index (χ4n) is 5.97. The number of benzene rings is 2. The predicted octanol–water partition coefficient (Wildman–Crippen LogP) is 4.82. The Morgan fingerprint density at radius 3 is 2.51 bits per heavy atom. The Labute approximate surface area is 231 Å². The maximum absolute atomic E-state index is 13.6. The van der Waals surface area contributed by atoms with E-state index in [2.05, 4.69) is 29.6 Å². The number of Topliss-reactive ketones (excluding diaryl/α,β-unsaturated/α-hetero) is 2. The fourth-order valence-corrected chi connectivity index (χ4v) is 5.97. The van der Waals surface area contributed by atoms with Crippen molar-refractivity contribution < 1.29 is 28.7 Å². The van der Waals surface area contributed by atoms with Crippen LogP contribution in [0.5, 0.6) is 0 Å². The van der Waals surface area contributed by atoms with Crippen molar-refractivity contribution in [2.45, 2.75) is 84.0 Å². The number of hydrogen-bond donors (Lipinski definition) is 1. The lowest BCUT2D eigenvalue weighted by Crippen LogP contribution is -2.45. The Kier molecular flexibility index (Phi) is 9.54. The number of esters is 1. The van der Waals surface area contributed by atoms with Crippen LogP contribution < -0.4 is 5.32 Å². The van der Waals surface area contributed by atoms with Crippen LogP contribution in [0.2, 0.25) is 0 Å². The van der Waals surface area contributed by atoms with Gasteiger partial charge in [0.05, 0.1) is 13.2 Å². The quantitative estimate of drug-likeness (QED) is 0.291. The number of epoxide rings is 1. The Bertz CT molecular complexity index is 1200. The minimum absolute atomic E-state index is 0.0568. The van der Waals surface area contributed by atoms with Crippen molar-refractivity contribution in [2.75, 3.05) is 7.11 Å². The molecular weight excluding hydrogens is 494 g/mol. The van der Waals surface area contributed by atoms with Gasteiger partial charge in [-0.15, -0.1) is 0 Å². The molecule has 0 bridgehead atoms. The van der Waals surface area contributed by atoms with Gasteiger partial charge in [-0.1, -0.05) is 63.2 Å². The number of amides is 1. The Morgan fingerprint density at radius 2 is 1.82 bits per heavy atom. The minimum Gasteiger partial charge on any atom is -0.467 e. The van der Waals surface area contributed by atoms with Gasteiger partial charge in [0, 0.05) is 30.6 Å². The first-order chi connectivity index (χ1) is 18.7. The molecule has 1 amide bonds. The molecule has 7 nitrogen and oxygen atoms in total. The van der Waals surface area contributed by atoms with E-state index in [0.717, 1.165) is 29.2 Å². The first kappa shape index (κ1) is 28.9. The molecule has 2 aromatic carbocycles. The van der Waals surface area contributed by atoms with Gasteiger partial charge in [0.15, 0.2) is 6.10 Å². The minimum atomic E-state index is -0.734. The summed E-state index contributed by atoms with van der Waals surface area (Å²) in [5.41, 5.74) is 1.12. The molecule has 0 aromatic heterocycles. The van der Waals surface area contributed by atoms with E-state index in [-0.39, 0.29) is 41.6 Å². The van der Waals surface area contributed by atoms with Crippen LogP contribution in [-0.2, 0) is 35.1 Å². The van der Waals surface area contributed by atoms with E-state index in [1.807, 2.05) is 39.0 Å². The molecule has 39 heavy (non-hydrogen) atoms. The average Bonchev–Trinajstić information content (AvgIpc) is 3.62. The maximum atomic E-state index is 13.6. The van der Waals surface area contributed by atoms with Crippen LogP contribution in [0.1, 0.15) is 64.9 Å². The van der Waals surface area contributed by atoms with Gasteiger partial charge in [-0.05, 0) is 54.4 Å². The lowest BCUT2D eigenvalue weighted by Gasteiger charge is -2.25. The lowest BCUT2D eigenvalue weighted by atomic mass is 9.85. The van der Waals surface area contributed by atoms with Crippen LogP contribution in [0.25, 0.3) is 10.8 Å². The third kappa shape index (κ3) is 7.33. The van der Waals surface area contributed by atoms with E-state index in [9.17, 15) is 19.2 Å². The van der Waals surface area contributed by atoms with Crippen molar-refractivity contribution in [1.29, 1.82) is 0 Å². The van der Waals surface area contributed by atoms with E-state index in [1.54, 1.807) is 0 Å². The molecule has 1 heterocycles. The van der Waals surface area contributed by atoms with Crippen LogP contribution in [0.15, 0.2) is 42.5 Å². The van der Waals surface area contributed by atoms with Gasteiger partial charge in [0.2, 0.25) is 5.91 Å². The zero-order chi connectivity index (χ0) is 28.1. The largest absolute Gasteiger partial charge is 0.467 e. The summed E-state index contributed by atoms with van der Waals surface area (Å²) < 4.78 is 10.4. The highest BCUT2D eigenvalue weighted by Gasteiger charge is 2.52. The van der Waals surface area contributed by atoms with Crippen LogP contribution in [0.3, 0.4) is 0 Å². The van der Waals surface area contributed by atoms with Crippen molar-refractivity contribution in [2.24, 2.45) is 23.7 Å². The van der Waals surface area contributed by atoms with Gasteiger partial charge in [0.1, 0.15) is 17.7 Å². The van der Waals surface area contributed by atoms with Crippen molar-refractivity contribution >= 4 is 34.2 Å². The van der Waals surface area contributed by atoms with Crippen molar-refractivity contribution in [1.82, 2.24) is 5.32 Å². The molecule has 0 spiro atoms. The molecular formula is C32H41NO6. The lowest BCUT2D eigenvalue weighted by molar-refractivity contribution is -0.142. The maximum Gasteiger partial charge on any atom is 0.337 e. The molecule has 2 aromatic rings. The zero-order valence-corrected chi connectivity index (χ0v) is 23.5. The van der Waals surface area contributed by atoms with Gasteiger partial charge in [-0.2, -0.15) is 0 Å². The second-order valence-corrected chi connectivity index (χ2v) is 11.7. The van der Waals surface area contributed by atoms with Crippen LogP contribution in [0.4, 0.5) is 0 Å². The summed E-state index contributed by atoms with van der Waals surface area (Å²) in [4.78, 5) is 51.4. The molecule has 4 rings (SSSR count). The van der Waals surface area contributed by atoms with E-state index in [1.165, 1.54) is 7.11 Å². The number of carbonyl (C=O) groups excluding carboxylic acids is 4. The molecule has 1 saturated heterocycles. The first-order valence-corrected chi connectivity index (χ1v) is 14.2. The number of ether oxygens (including phenoxy) is 2. The Balaban J connectivity index is 1.44. The summed E-state index contributed by atoms with van der Waals surface area (Å²) in [5, 5.41) is 5.37. The molecule has 1 saturated carbocycles. The summed E-state index contributed by atoms with van der Waals surface area (Å²) in [7, 11) is 1.30. The fraction of sp³-hybridized carbons (Fsp3) is 0.562. The second kappa shape index (κ2) is 12.9. The van der Waals surface area contributed by atoms with Gasteiger partial charge in [0.25, 0.3) is 0 Å². The number of ketones is 2. The smallest absolute Gasteiger partial charge is 0.337 e. The highest BCUT2D eigenvalue weighted by atomic mass is 16.6. The summed E-state index contributed by atoms with van der Waals surface area (Å²) >= 11 is 0. The highest BCUT2D eigenvalue weighted by Crippen LogP contribution is 2.34. The van der Waals surface area contributed by atoms with Gasteiger partial charge in [-0.25, -0.2) is 4.79 Å². The van der Waals surface area contributed by atoms with E-state index < -0.39 is 30.1 Å². The van der Waals surface area contributed by atoms with Crippen LogP contribution >= 0.6 is 0 Å². The molecule has 7 heteroatoms. The monoisotopic (exact) mass is 535 g/mol. The average molecular weight is 536 g/mol. The van der Waals surface area contributed by atoms with E-state index in [0.29, 0.717) is 25.7 Å². The molecule has 1 aliphatic heterocycles. The topological polar surface area (TPSA) is 102 Å². The number of fused-ring (bicyclic) bond motifs is 1. The summed E-state index contributed by atoms with van der Waals surface area (Å²) in [6, 6.07) is 13.8. The summed E-state index contributed by atoms with van der Waals surface area (Å²) in [6.45, 7) is 6.01. The van der Waals surface area contributed by atoms with Gasteiger partial charge < -0.3 is 14.8 Å². The predicted molar refractivity (Wildman–Crippen MR) is 149 cm³/mol. The number of carbonyl (C=O) groups is 4. The van der Waals surface area contributed by atoms with E-state index >= 15 is 0 Å². The Morgan fingerprint density at radius 1 is 1.08 bits per heavy atom. The molecule has 2 fully saturated rings. The van der Waals surface area contributed by atoms with Crippen molar-refractivity contribution in [3.63, 3.8) is 0 Å². The first-order valence-electron chi connectivity index (χ1n) is 14.2. The Hall–Kier alpha value is -3.06. The number of methoxy groups -OCH3 is 1. The molecule has 1 N–H and O–H groups in total. The standard InChI is InChI=1S/C32H41NO6/c1-19(2)15-24(18-28(35)20(3)16-22-11-7-10-21-9-5-6-13-25(21)22)31(36)33-26(17-23-12-8-14-27(23)34)29-30(39-29)32(37)38-4/h5-7,9-11,13,19-20,23-24,26,29-30H,8,12,14-18H2,1-4H3,(H,33,36)/t20-,23-,24+,26-,29-,30?/m0/s1. The van der Waals surface area contributed by atoms with Crippen LogP contribution in [-0.4, -0.2) is 48.8 Å². The SMILES string of the molecule is COC(=O)C1O[C@H]1[C@H](C[C@@H]1CCCC1=O)NC(=O)[C@@H](CC(=O)[C@@H](C)Cc1cccc2ccccc12)CC(C)C. The van der Waals surface area contributed by atoms with Crippen LogP contribution in [0, 0.1) is 23.7 Å². The molecule has 1 unspecified atom stereocenters. The number of rotatable bonds is 13. The molecule has 0 radical (unpaired) electrons. The molecule has 2 aliphatic rings. The molecule has 6 atom stereocenters. The highest BCUT2D eigenvalue weighted by molar-refractivity contribution is 5.90. The summed E-state index contributed by atoms with van der Waals surface area (Å²) in [5.74, 6) is -1.11. The molecule has 1 aliphatic carbocycles. The number of nitrogens with one attached hydrogen (secondary N) is 1. The van der Waals surface area contributed by atoms with E-state index in [4.69, 9.17) is 9.47 Å². The number of hydrogen-bond acceptors (Lipinski definition) is 6. The molecule has 210 valence electrons.